The normalized spacial score (nSPS) is 51.3. The van der Waals surface area contributed by atoms with Crippen LogP contribution in [0.4, 0.5) is 0 Å². The maximum Gasteiger partial charge on any atom is 0.0225 e. The smallest absolute Gasteiger partial charge is 0.0225 e. The van der Waals surface area contributed by atoms with Crippen LogP contribution in [0.5, 0.6) is 0 Å². The summed E-state index contributed by atoms with van der Waals surface area (Å²) in [7, 11) is 0. The molecule has 21 heavy (non-hydrogen) atoms. The molecule has 0 aromatic rings. The zero-order valence-electron chi connectivity index (χ0n) is 14.1. The fourth-order valence-corrected chi connectivity index (χ4v) is 6.76. The van der Waals surface area contributed by atoms with E-state index in [4.69, 9.17) is 5.73 Å². The zero-order chi connectivity index (χ0) is 14.6. The highest BCUT2D eigenvalue weighted by Crippen LogP contribution is 2.61. The third-order valence-corrected chi connectivity index (χ3v) is 7.81. The lowest BCUT2D eigenvalue weighted by Gasteiger charge is -2.59. The van der Waals surface area contributed by atoms with E-state index in [0.717, 1.165) is 36.3 Å². The first-order valence-electron chi connectivity index (χ1n) is 9.55. The molecule has 5 rings (SSSR count). The van der Waals surface area contributed by atoms with Crippen molar-refractivity contribution in [2.24, 2.45) is 34.8 Å². The summed E-state index contributed by atoms with van der Waals surface area (Å²) in [6.45, 7) is 7.30. The summed E-state index contributed by atoms with van der Waals surface area (Å²) in [6, 6.07) is 1.16. The van der Waals surface area contributed by atoms with Crippen LogP contribution >= 0.6 is 0 Å². The highest BCUT2D eigenvalue weighted by atomic mass is 15.2. The molecule has 0 aromatic heterocycles. The molecule has 5 aliphatic rings. The Labute approximate surface area is 130 Å². The molecule has 4 aliphatic carbocycles. The SMILES string of the molecule is CC1CCCN(CC(N)C23CC4CC(CC(C4)C2)C3)C1C. The molecule has 2 nitrogen and oxygen atoms in total. The van der Waals surface area contributed by atoms with Crippen LogP contribution in [0, 0.1) is 29.1 Å². The van der Waals surface area contributed by atoms with Gasteiger partial charge in [-0.3, -0.25) is 4.90 Å². The number of piperidine rings is 1. The third kappa shape index (κ3) is 2.47. The van der Waals surface area contributed by atoms with Crippen LogP contribution < -0.4 is 5.73 Å². The van der Waals surface area contributed by atoms with E-state index >= 15 is 0 Å². The van der Waals surface area contributed by atoms with Crippen LogP contribution in [-0.2, 0) is 0 Å². The van der Waals surface area contributed by atoms with Crippen molar-refractivity contribution in [2.45, 2.75) is 77.3 Å². The molecule has 0 radical (unpaired) electrons. The molecule has 0 spiro atoms. The number of hydrogen-bond donors (Lipinski definition) is 1. The average Bonchev–Trinajstić information content (AvgIpc) is 2.42. The quantitative estimate of drug-likeness (QED) is 0.859. The number of likely N-dealkylation sites (tertiary alicyclic amines) is 1. The van der Waals surface area contributed by atoms with Gasteiger partial charge in [0.2, 0.25) is 0 Å². The zero-order valence-corrected chi connectivity index (χ0v) is 14.1. The minimum atomic E-state index is 0.429. The van der Waals surface area contributed by atoms with Gasteiger partial charge in [-0.1, -0.05) is 6.92 Å². The van der Waals surface area contributed by atoms with Gasteiger partial charge in [0.25, 0.3) is 0 Å². The molecule has 2 heteroatoms. The van der Waals surface area contributed by atoms with E-state index in [1.165, 1.54) is 57.9 Å². The molecular weight excluding hydrogens is 256 g/mol. The topological polar surface area (TPSA) is 29.3 Å². The second kappa shape index (κ2) is 5.23. The largest absolute Gasteiger partial charge is 0.326 e. The van der Waals surface area contributed by atoms with Crippen molar-refractivity contribution < 1.29 is 0 Å². The van der Waals surface area contributed by atoms with Crippen LogP contribution in [0.15, 0.2) is 0 Å². The van der Waals surface area contributed by atoms with Crippen molar-refractivity contribution in [3.63, 3.8) is 0 Å². The van der Waals surface area contributed by atoms with Gasteiger partial charge in [-0.05, 0) is 93.9 Å². The first-order valence-corrected chi connectivity index (χ1v) is 9.55. The predicted octanol–water partition coefficient (Wildman–Crippen LogP) is 3.65. The summed E-state index contributed by atoms with van der Waals surface area (Å²) >= 11 is 0. The van der Waals surface area contributed by atoms with Gasteiger partial charge in [-0.25, -0.2) is 0 Å². The Bertz CT molecular complexity index is 356. The van der Waals surface area contributed by atoms with E-state index in [9.17, 15) is 0 Å². The van der Waals surface area contributed by atoms with Crippen LogP contribution in [0.25, 0.3) is 0 Å². The number of rotatable bonds is 3. The van der Waals surface area contributed by atoms with E-state index < -0.39 is 0 Å². The van der Waals surface area contributed by atoms with E-state index in [1.54, 1.807) is 0 Å². The van der Waals surface area contributed by atoms with Crippen LogP contribution in [0.2, 0.25) is 0 Å². The Morgan fingerprint density at radius 1 is 1.05 bits per heavy atom. The molecule has 5 fully saturated rings. The standard InChI is InChI=1S/C19H34N2/c1-13-4-3-5-21(14(13)2)12-18(20)19-9-15-6-16(10-19)8-17(7-15)11-19/h13-18H,3-12,20H2,1-2H3. The van der Waals surface area contributed by atoms with E-state index in [-0.39, 0.29) is 0 Å². The fourth-order valence-electron chi connectivity index (χ4n) is 6.76. The third-order valence-electron chi connectivity index (χ3n) is 7.81. The minimum absolute atomic E-state index is 0.429. The summed E-state index contributed by atoms with van der Waals surface area (Å²) in [4.78, 5) is 2.72. The van der Waals surface area contributed by atoms with Gasteiger partial charge in [-0.15, -0.1) is 0 Å². The Hall–Kier alpha value is -0.0800. The van der Waals surface area contributed by atoms with Crippen molar-refractivity contribution in [1.82, 2.24) is 4.90 Å². The van der Waals surface area contributed by atoms with Crippen LogP contribution in [-0.4, -0.2) is 30.1 Å². The molecule has 0 amide bonds. The Balaban J connectivity index is 1.46. The monoisotopic (exact) mass is 290 g/mol. The predicted molar refractivity (Wildman–Crippen MR) is 88.0 cm³/mol. The number of nitrogens with two attached hydrogens (primary N) is 1. The lowest BCUT2D eigenvalue weighted by atomic mass is 9.47. The summed E-state index contributed by atoms with van der Waals surface area (Å²) in [5, 5.41) is 0. The Kier molecular flexibility index (Phi) is 3.61. The summed E-state index contributed by atoms with van der Waals surface area (Å²) in [6.07, 6.45) is 11.7. The molecular formula is C19H34N2. The van der Waals surface area contributed by atoms with Crippen molar-refractivity contribution >= 4 is 0 Å². The summed E-state index contributed by atoms with van der Waals surface area (Å²) in [5.74, 6) is 3.93. The first kappa shape index (κ1) is 14.5. The summed E-state index contributed by atoms with van der Waals surface area (Å²) < 4.78 is 0. The second-order valence-electron chi connectivity index (χ2n) is 9.24. The number of nitrogens with zero attached hydrogens (tertiary/aromatic N) is 1. The van der Waals surface area contributed by atoms with Crippen LogP contribution in [0.3, 0.4) is 0 Å². The van der Waals surface area contributed by atoms with Gasteiger partial charge < -0.3 is 5.73 Å². The number of hydrogen-bond acceptors (Lipinski definition) is 2. The lowest BCUT2D eigenvalue weighted by Crippen LogP contribution is -2.59. The van der Waals surface area contributed by atoms with Gasteiger partial charge in [0.15, 0.2) is 0 Å². The molecule has 1 aliphatic heterocycles. The maximum atomic E-state index is 6.87. The Morgan fingerprint density at radius 3 is 2.19 bits per heavy atom. The second-order valence-corrected chi connectivity index (χ2v) is 9.24. The maximum absolute atomic E-state index is 6.87. The fraction of sp³-hybridized carbons (Fsp3) is 1.00. The van der Waals surface area contributed by atoms with Crippen molar-refractivity contribution in [3.8, 4) is 0 Å². The van der Waals surface area contributed by atoms with Gasteiger partial charge >= 0.3 is 0 Å². The van der Waals surface area contributed by atoms with E-state index in [2.05, 4.69) is 18.7 Å². The van der Waals surface area contributed by atoms with E-state index in [0.29, 0.717) is 11.5 Å². The molecule has 120 valence electrons. The van der Waals surface area contributed by atoms with Gasteiger partial charge in [-0.2, -0.15) is 0 Å². The molecule has 2 N–H and O–H groups in total. The molecule has 0 aromatic carbocycles. The molecule has 4 saturated carbocycles. The highest BCUT2D eigenvalue weighted by molar-refractivity contribution is 5.06. The molecule has 3 atom stereocenters. The van der Waals surface area contributed by atoms with Crippen molar-refractivity contribution in [2.75, 3.05) is 13.1 Å². The molecule has 1 saturated heterocycles. The molecule has 3 unspecified atom stereocenters. The van der Waals surface area contributed by atoms with E-state index in [1.807, 2.05) is 0 Å². The van der Waals surface area contributed by atoms with Crippen LogP contribution in [0.1, 0.15) is 65.2 Å². The highest BCUT2D eigenvalue weighted by Gasteiger charge is 2.53. The summed E-state index contributed by atoms with van der Waals surface area (Å²) in [5.41, 5.74) is 7.39. The average molecular weight is 290 g/mol. The lowest BCUT2D eigenvalue weighted by molar-refractivity contribution is -0.0750. The van der Waals surface area contributed by atoms with Crippen molar-refractivity contribution in [1.29, 1.82) is 0 Å². The van der Waals surface area contributed by atoms with Gasteiger partial charge in [0.1, 0.15) is 0 Å². The molecule has 1 heterocycles. The van der Waals surface area contributed by atoms with Crippen molar-refractivity contribution in [3.05, 3.63) is 0 Å². The Morgan fingerprint density at radius 2 is 1.62 bits per heavy atom. The van der Waals surface area contributed by atoms with Gasteiger partial charge in [0, 0.05) is 18.6 Å². The first-order chi connectivity index (χ1) is 10.1. The minimum Gasteiger partial charge on any atom is -0.326 e. The van der Waals surface area contributed by atoms with Gasteiger partial charge in [0.05, 0.1) is 0 Å². The molecule has 4 bridgehead atoms.